The second-order valence-corrected chi connectivity index (χ2v) is 7.89. The van der Waals surface area contributed by atoms with Gasteiger partial charge in [0.25, 0.3) is 5.91 Å². The number of carbonyl (C=O) groups excluding carboxylic acids is 1. The Kier molecular flexibility index (Phi) is 7.35. The minimum atomic E-state index is -0.100. The Hall–Kier alpha value is -2.04. The van der Waals surface area contributed by atoms with Crippen LogP contribution in [0.4, 0.5) is 0 Å². The van der Waals surface area contributed by atoms with Crippen LogP contribution in [0.25, 0.3) is 0 Å². The molecule has 1 fully saturated rings. The number of ether oxygens (including phenoxy) is 1. The Morgan fingerprint density at radius 2 is 1.82 bits per heavy atom. The highest BCUT2D eigenvalue weighted by atomic mass is 35.5. The van der Waals surface area contributed by atoms with Crippen molar-refractivity contribution in [2.45, 2.75) is 39.2 Å². The summed E-state index contributed by atoms with van der Waals surface area (Å²) in [5.41, 5.74) is 3.41. The van der Waals surface area contributed by atoms with Crippen LogP contribution in [0, 0.1) is 13.8 Å². The SMILES string of the molecule is Cc1cccc(OCC(=O)NC[C@@H](c2ccc(Cl)cc2)N2CCCCC2)c1C. The number of rotatable bonds is 7. The van der Waals surface area contributed by atoms with Crippen LogP contribution < -0.4 is 10.1 Å². The Labute approximate surface area is 172 Å². The third-order valence-corrected chi connectivity index (χ3v) is 5.74. The van der Waals surface area contributed by atoms with Crippen LogP contribution in [0.3, 0.4) is 0 Å². The largest absolute Gasteiger partial charge is 0.483 e. The van der Waals surface area contributed by atoms with Gasteiger partial charge in [-0.2, -0.15) is 0 Å². The van der Waals surface area contributed by atoms with Gasteiger partial charge in [-0.3, -0.25) is 9.69 Å². The number of carbonyl (C=O) groups is 1. The van der Waals surface area contributed by atoms with E-state index in [1.165, 1.54) is 24.8 Å². The summed E-state index contributed by atoms with van der Waals surface area (Å²) in [6, 6.07) is 14.0. The van der Waals surface area contributed by atoms with Crippen LogP contribution in [0.1, 0.15) is 42.0 Å². The van der Waals surface area contributed by atoms with Crippen molar-refractivity contribution >= 4 is 17.5 Å². The molecule has 4 nitrogen and oxygen atoms in total. The van der Waals surface area contributed by atoms with E-state index in [9.17, 15) is 4.79 Å². The van der Waals surface area contributed by atoms with Crippen LogP contribution in [-0.4, -0.2) is 37.0 Å². The maximum Gasteiger partial charge on any atom is 0.258 e. The van der Waals surface area contributed by atoms with E-state index in [1.54, 1.807) is 0 Å². The van der Waals surface area contributed by atoms with Crippen LogP contribution in [-0.2, 0) is 4.79 Å². The van der Waals surface area contributed by atoms with E-state index in [0.29, 0.717) is 6.54 Å². The lowest BCUT2D eigenvalue weighted by molar-refractivity contribution is -0.123. The molecule has 5 heteroatoms. The standard InChI is InChI=1S/C23H29ClN2O2/c1-17-7-6-8-22(18(17)2)28-16-23(27)25-15-21(26-13-4-3-5-14-26)19-9-11-20(24)12-10-19/h6-12,21H,3-5,13-16H2,1-2H3,(H,25,27)/t21-/m0/s1. The van der Waals surface area contributed by atoms with Crippen molar-refractivity contribution in [3.63, 3.8) is 0 Å². The number of hydrogen-bond donors (Lipinski definition) is 1. The molecule has 1 saturated heterocycles. The molecule has 150 valence electrons. The van der Waals surface area contributed by atoms with Gasteiger partial charge in [0.15, 0.2) is 6.61 Å². The fourth-order valence-corrected chi connectivity index (χ4v) is 3.78. The minimum absolute atomic E-state index is 0.0254. The number of nitrogens with one attached hydrogen (secondary N) is 1. The van der Waals surface area contributed by atoms with E-state index in [-0.39, 0.29) is 18.6 Å². The lowest BCUT2D eigenvalue weighted by Crippen LogP contribution is -2.41. The number of likely N-dealkylation sites (tertiary alicyclic amines) is 1. The van der Waals surface area contributed by atoms with Gasteiger partial charge < -0.3 is 10.1 Å². The second kappa shape index (κ2) is 9.94. The molecule has 1 atom stereocenters. The van der Waals surface area contributed by atoms with Crippen molar-refractivity contribution < 1.29 is 9.53 Å². The molecule has 1 N–H and O–H groups in total. The summed E-state index contributed by atoms with van der Waals surface area (Å²) in [4.78, 5) is 14.9. The second-order valence-electron chi connectivity index (χ2n) is 7.45. The number of piperidine rings is 1. The van der Waals surface area contributed by atoms with E-state index >= 15 is 0 Å². The van der Waals surface area contributed by atoms with E-state index < -0.39 is 0 Å². The van der Waals surface area contributed by atoms with Gasteiger partial charge in [-0.15, -0.1) is 0 Å². The van der Waals surface area contributed by atoms with Gasteiger partial charge in [0, 0.05) is 11.6 Å². The van der Waals surface area contributed by atoms with Crippen molar-refractivity contribution in [1.82, 2.24) is 10.2 Å². The molecule has 1 amide bonds. The highest BCUT2D eigenvalue weighted by molar-refractivity contribution is 6.30. The first-order valence-corrected chi connectivity index (χ1v) is 10.4. The zero-order valence-corrected chi connectivity index (χ0v) is 17.5. The van der Waals surface area contributed by atoms with Crippen LogP contribution >= 0.6 is 11.6 Å². The molecule has 1 heterocycles. The lowest BCUT2D eigenvalue weighted by Gasteiger charge is -2.35. The lowest BCUT2D eigenvalue weighted by atomic mass is 10.0. The van der Waals surface area contributed by atoms with E-state index in [1.807, 2.05) is 44.2 Å². The highest BCUT2D eigenvalue weighted by Gasteiger charge is 2.23. The average molecular weight is 401 g/mol. The number of benzene rings is 2. The number of amides is 1. The third kappa shape index (κ3) is 5.49. The van der Waals surface area contributed by atoms with Gasteiger partial charge in [0.05, 0.1) is 6.04 Å². The first-order chi connectivity index (χ1) is 13.5. The molecule has 2 aromatic rings. The van der Waals surface area contributed by atoms with Crippen molar-refractivity contribution in [2.75, 3.05) is 26.2 Å². The molecule has 2 aromatic carbocycles. The maximum absolute atomic E-state index is 12.4. The average Bonchev–Trinajstić information content (AvgIpc) is 2.71. The molecular formula is C23H29ClN2O2. The molecule has 1 aliphatic heterocycles. The zero-order chi connectivity index (χ0) is 19.9. The normalized spacial score (nSPS) is 15.8. The Balaban J connectivity index is 1.60. The van der Waals surface area contributed by atoms with E-state index in [4.69, 9.17) is 16.3 Å². The molecule has 0 saturated carbocycles. The predicted molar refractivity (Wildman–Crippen MR) is 114 cm³/mol. The summed E-state index contributed by atoms with van der Waals surface area (Å²) in [6.45, 7) is 6.76. The Morgan fingerprint density at radius 3 is 2.54 bits per heavy atom. The van der Waals surface area contributed by atoms with Crippen LogP contribution in [0.5, 0.6) is 5.75 Å². The Bertz CT molecular complexity index is 786. The van der Waals surface area contributed by atoms with Gasteiger partial charge in [-0.1, -0.05) is 42.3 Å². The molecule has 1 aliphatic rings. The molecule has 28 heavy (non-hydrogen) atoms. The first-order valence-electron chi connectivity index (χ1n) is 10.00. The monoisotopic (exact) mass is 400 g/mol. The first kappa shape index (κ1) is 20.7. The molecule has 0 spiro atoms. The molecule has 0 bridgehead atoms. The summed E-state index contributed by atoms with van der Waals surface area (Å²) in [5.74, 6) is 0.664. The van der Waals surface area contributed by atoms with Gasteiger partial charge in [0.1, 0.15) is 5.75 Å². The quantitative estimate of drug-likeness (QED) is 0.733. The summed E-state index contributed by atoms with van der Waals surface area (Å²) < 4.78 is 5.74. The summed E-state index contributed by atoms with van der Waals surface area (Å²) in [7, 11) is 0. The fourth-order valence-electron chi connectivity index (χ4n) is 3.66. The summed E-state index contributed by atoms with van der Waals surface area (Å²) in [5, 5.41) is 3.79. The fraction of sp³-hybridized carbons (Fsp3) is 0.435. The minimum Gasteiger partial charge on any atom is -0.483 e. The van der Waals surface area contributed by atoms with Crippen molar-refractivity contribution in [3.05, 3.63) is 64.2 Å². The van der Waals surface area contributed by atoms with Crippen LogP contribution in [0.15, 0.2) is 42.5 Å². The van der Waals surface area contributed by atoms with Gasteiger partial charge in [-0.25, -0.2) is 0 Å². The maximum atomic E-state index is 12.4. The zero-order valence-electron chi connectivity index (χ0n) is 16.7. The van der Waals surface area contributed by atoms with Gasteiger partial charge in [0.2, 0.25) is 0 Å². The van der Waals surface area contributed by atoms with Gasteiger partial charge >= 0.3 is 0 Å². The molecule has 0 radical (unpaired) electrons. The number of nitrogens with zero attached hydrogens (tertiary/aromatic N) is 1. The van der Waals surface area contributed by atoms with Crippen molar-refractivity contribution in [1.29, 1.82) is 0 Å². The van der Waals surface area contributed by atoms with Gasteiger partial charge in [-0.05, 0) is 74.7 Å². The molecule has 0 aliphatic carbocycles. The Morgan fingerprint density at radius 1 is 1.11 bits per heavy atom. The molecular weight excluding hydrogens is 372 g/mol. The molecule has 0 aromatic heterocycles. The van der Waals surface area contributed by atoms with E-state index in [2.05, 4.69) is 22.3 Å². The molecule has 0 unspecified atom stereocenters. The topological polar surface area (TPSA) is 41.6 Å². The van der Waals surface area contributed by atoms with Crippen molar-refractivity contribution in [2.24, 2.45) is 0 Å². The summed E-state index contributed by atoms with van der Waals surface area (Å²) in [6.07, 6.45) is 3.68. The smallest absolute Gasteiger partial charge is 0.258 e. The third-order valence-electron chi connectivity index (χ3n) is 5.49. The number of halogens is 1. The highest BCUT2D eigenvalue weighted by Crippen LogP contribution is 2.25. The number of hydrogen-bond acceptors (Lipinski definition) is 3. The number of aryl methyl sites for hydroxylation is 1. The summed E-state index contributed by atoms with van der Waals surface area (Å²) >= 11 is 6.05. The van der Waals surface area contributed by atoms with Crippen molar-refractivity contribution in [3.8, 4) is 5.75 Å². The van der Waals surface area contributed by atoms with E-state index in [0.717, 1.165) is 35.0 Å². The molecule has 3 rings (SSSR count). The predicted octanol–water partition coefficient (Wildman–Crippen LogP) is 4.68. The van der Waals surface area contributed by atoms with Crippen LogP contribution in [0.2, 0.25) is 5.02 Å².